The summed E-state index contributed by atoms with van der Waals surface area (Å²) in [5.74, 6) is -1.10. The number of ether oxygens (including phenoxy) is 1. The fourth-order valence-corrected chi connectivity index (χ4v) is 8.73. The Morgan fingerprint density at radius 3 is 2.79 bits per heavy atom. The quantitative estimate of drug-likeness (QED) is 0.409. The molecule has 5 rings (SSSR count). The molecule has 3 saturated heterocycles. The van der Waals surface area contributed by atoms with E-state index in [2.05, 4.69) is 15.6 Å². The van der Waals surface area contributed by atoms with E-state index in [1.54, 1.807) is 16.4 Å². The van der Waals surface area contributed by atoms with Crippen LogP contribution in [0.1, 0.15) is 63.0 Å². The van der Waals surface area contributed by atoms with Gasteiger partial charge in [0.1, 0.15) is 5.82 Å². The van der Waals surface area contributed by atoms with Crippen molar-refractivity contribution >= 4 is 33.2 Å². The van der Waals surface area contributed by atoms with E-state index in [0.29, 0.717) is 37.6 Å². The summed E-state index contributed by atoms with van der Waals surface area (Å²) in [5.41, 5.74) is 7.79. The molecular weight excluding hydrogens is 581 g/mol. The van der Waals surface area contributed by atoms with Crippen molar-refractivity contribution in [1.29, 1.82) is 0 Å². The molecule has 1 amide bonds. The molecule has 0 radical (unpaired) electrons. The average molecular weight is 622 g/mol. The van der Waals surface area contributed by atoms with Gasteiger partial charge in [0, 0.05) is 48.3 Å². The van der Waals surface area contributed by atoms with E-state index in [0.717, 1.165) is 31.0 Å². The number of amides is 1. The number of rotatable bonds is 8. The Morgan fingerprint density at radius 2 is 2.05 bits per heavy atom. The van der Waals surface area contributed by atoms with Gasteiger partial charge in [-0.15, -0.1) is 0 Å². The van der Waals surface area contributed by atoms with Gasteiger partial charge in [-0.1, -0.05) is 23.7 Å². The van der Waals surface area contributed by atoms with Gasteiger partial charge in [-0.3, -0.25) is 9.78 Å². The summed E-state index contributed by atoms with van der Waals surface area (Å²) in [6, 6.07) is 6.30. The summed E-state index contributed by atoms with van der Waals surface area (Å²) < 4.78 is 48.4. The first-order chi connectivity index (χ1) is 19.9. The van der Waals surface area contributed by atoms with Crippen LogP contribution in [0.5, 0.6) is 0 Å². The third-order valence-electron chi connectivity index (χ3n) is 8.94. The number of carbonyl (C=O) groups is 1. The molecule has 3 unspecified atom stereocenters. The zero-order chi connectivity index (χ0) is 30.1. The lowest BCUT2D eigenvalue weighted by molar-refractivity contribution is -0.119. The second kappa shape index (κ2) is 12.8. The highest BCUT2D eigenvalue weighted by Gasteiger charge is 2.40. The number of nitrogens with two attached hydrogens (primary N) is 1. The maximum absolute atomic E-state index is 15.1. The molecule has 6 atom stereocenters. The number of nitrogens with zero attached hydrogens (tertiary/aromatic N) is 2. The zero-order valence-corrected chi connectivity index (χ0v) is 25.8. The molecule has 3 aliphatic rings. The van der Waals surface area contributed by atoms with Gasteiger partial charge >= 0.3 is 0 Å². The van der Waals surface area contributed by atoms with Crippen LogP contribution in [-0.2, 0) is 26.0 Å². The SMILES string of the molecule is CC1(C)C[C@@H](C(c2ccc(Cl)cc2)C(N)C(=O)Nc2cncc(F)c2CC[C@H]2CN[C@@H]3CCCS(=O)(=O)N2C3)CCO1. The minimum Gasteiger partial charge on any atom is -0.376 e. The molecule has 3 fully saturated rings. The number of hydrogen-bond acceptors (Lipinski definition) is 7. The number of fused-ring (bicyclic) bond motifs is 2. The topological polar surface area (TPSA) is 127 Å². The van der Waals surface area contributed by atoms with Crippen molar-refractivity contribution in [3.05, 3.63) is 58.6 Å². The van der Waals surface area contributed by atoms with Crippen LogP contribution >= 0.6 is 11.6 Å². The van der Waals surface area contributed by atoms with Crippen LogP contribution in [0.25, 0.3) is 0 Å². The van der Waals surface area contributed by atoms with Crippen molar-refractivity contribution in [2.24, 2.45) is 11.7 Å². The van der Waals surface area contributed by atoms with Crippen LogP contribution in [0, 0.1) is 11.7 Å². The van der Waals surface area contributed by atoms with Crippen LogP contribution in [-0.4, -0.2) is 72.8 Å². The second-order valence-corrected chi connectivity index (χ2v) is 14.9. The Morgan fingerprint density at radius 1 is 1.29 bits per heavy atom. The van der Waals surface area contributed by atoms with E-state index in [4.69, 9.17) is 22.1 Å². The first kappa shape index (κ1) is 31.3. The third-order valence-corrected chi connectivity index (χ3v) is 11.2. The van der Waals surface area contributed by atoms with Crippen molar-refractivity contribution in [2.45, 2.75) is 82.0 Å². The molecule has 2 aromatic rings. The van der Waals surface area contributed by atoms with Crippen LogP contribution in [0.2, 0.25) is 5.02 Å². The smallest absolute Gasteiger partial charge is 0.241 e. The molecule has 1 aromatic heterocycles. The monoisotopic (exact) mass is 621 g/mol. The van der Waals surface area contributed by atoms with Gasteiger partial charge in [0.05, 0.1) is 35.5 Å². The third kappa shape index (κ3) is 7.14. The van der Waals surface area contributed by atoms with E-state index in [1.165, 1.54) is 6.20 Å². The van der Waals surface area contributed by atoms with Crippen LogP contribution in [0.15, 0.2) is 36.7 Å². The number of benzene rings is 1. The highest BCUT2D eigenvalue weighted by atomic mass is 35.5. The highest BCUT2D eigenvalue weighted by molar-refractivity contribution is 7.89. The molecule has 1 aromatic carbocycles. The summed E-state index contributed by atoms with van der Waals surface area (Å²) in [6.45, 7) is 5.57. The Labute approximate surface area is 252 Å². The second-order valence-electron chi connectivity index (χ2n) is 12.4. The molecule has 3 aliphatic heterocycles. The lowest BCUT2D eigenvalue weighted by Gasteiger charge is -2.41. The fourth-order valence-electron chi connectivity index (χ4n) is 6.80. The maximum atomic E-state index is 15.1. The summed E-state index contributed by atoms with van der Waals surface area (Å²) in [7, 11) is -3.37. The maximum Gasteiger partial charge on any atom is 0.241 e. The van der Waals surface area contributed by atoms with Gasteiger partial charge < -0.3 is 21.1 Å². The number of halogens is 2. The minimum atomic E-state index is -3.37. The lowest BCUT2D eigenvalue weighted by atomic mass is 9.73. The normalized spacial score (nSPS) is 28.3. The van der Waals surface area contributed by atoms with Gasteiger partial charge in [-0.25, -0.2) is 12.8 Å². The Kier molecular flexibility index (Phi) is 9.56. The number of carbonyl (C=O) groups excluding carboxylic acids is 1. The van der Waals surface area contributed by atoms with Crippen LogP contribution in [0.4, 0.5) is 10.1 Å². The van der Waals surface area contributed by atoms with Crippen molar-refractivity contribution in [3.63, 3.8) is 0 Å². The molecule has 42 heavy (non-hydrogen) atoms. The number of piperazine rings is 1. The first-order valence-corrected chi connectivity index (χ1v) is 16.7. The van der Waals surface area contributed by atoms with Crippen LogP contribution in [0.3, 0.4) is 0 Å². The molecule has 0 saturated carbocycles. The average Bonchev–Trinajstić information content (AvgIpc) is 3.05. The zero-order valence-electron chi connectivity index (χ0n) is 24.2. The van der Waals surface area contributed by atoms with Crippen LogP contribution < -0.4 is 16.4 Å². The number of aromatic nitrogens is 1. The van der Waals surface area contributed by atoms with E-state index < -0.39 is 27.8 Å². The van der Waals surface area contributed by atoms with Gasteiger partial charge in [0.2, 0.25) is 15.9 Å². The van der Waals surface area contributed by atoms with E-state index >= 15 is 4.39 Å². The molecule has 0 aliphatic carbocycles. The fraction of sp³-hybridized carbons (Fsp3) is 0.600. The van der Waals surface area contributed by atoms with Crippen molar-refractivity contribution in [3.8, 4) is 0 Å². The largest absolute Gasteiger partial charge is 0.376 e. The molecule has 2 bridgehead atoms. The molecule has 4 N–H and O–H groups in total. The molecular formula is C30H41ClFN5O4S. The first-order valence-electron chi connectivity index (χ1n) is 14.7. The summed E-state index contributed by atoms with van der Waals surface area (Å²) in [6.07, 6.45) is 6.10. The van der Waals surface area contributed by atoms with E-state index in [9.17, 15) is 13.2 Å². The standard InChI is InChI=1S/C30H41ClFN5O4S/c1-30(2)14-20(11-12-41-30)27(19-5-7-21(31)8-6-19)28(33)29(38)36-26-17-34-16-25(32)24(26)10-9-23-15-35-22-4-3-13-42(39,40)37(23)18-22/h5-8,16-17,20,22-23,27-28,35H,3-4,9-15,18,33H2,1-2H3,(H,36,38)/t20-,22+,23-,27?,28?/m0/s1. The van der Waals surface area contributed by atoms with Gasteiger partial charge in [0.25, 0.3) is 0 Å². The van der Waals surface area contributed by atoms with Gasteiger partial charge in [0.15, 0.2) is 0 Å². The number of anilines is 1. The molecule has 12 heteroatoms. The predicted molar refractivity (Wildman–Crippen MR) is 161 cm³/mol. The molecule has 230 valence electrons. The molecule has 9 nitrogen and oxygen atoms in total. The van der Waals surface area contributed by atoms with Gasteiger partial charge in [-0.2, -0.15) is 4.31 Å². The molecule has 4 heterocycles. The van der Waals surface area contributed by atoms with Crippen molar-refractivity contribution < 1.29 is 22.3 Å². The summed E-state index contributed by atoms with van der Waals surface area (Å²) in [5, 5.41) is 6.89. The Bertz CT molecular complexity index is 1380. The number of pyridine rings is 1. The predicted octanol–water partition coefficient (Wildman–Crippen LogP) is 3.83. The van der Waals surface area contributed by atoms with E-state index in [-0.39, 0.29) is 52.9 Å². The summed E-state index contributed by atoms with van der Waals surface area (Å²) >= 11 is 6.15. The number of sulfonamides is 1. The number of nitrogens with one attached hydrogen (secondary N) is 2. The number of hydrogen-bond donors (Lipinski definition) is 3. The lowest BCUT2D eigenvalue weighted by Crippen LogP contribution is -2.57. The van der Waals surface area contributed by atoms with Crippen molar-refractivity contribution in [2.75, 3.05) is 30.8 Å². The van der Waals surface area contributed by atoms with Gasteiger partial charge in [-0.05, 0) is 76.0 Å². The minimum absolute atomic E-state index is 0.0824. The van der Waals surface area contributed by atoms with Crippen molar-refractivity contribution in [1.82, 2.24) is 14.6 Å². The summed E-state index contributed by atoms with van der Waals surface area (Å²) in [4.78, 5) is 17.7. The van der Waals surface area contributed by atoms with E-state index in [1.807, 2.05) is 26.0 Å². The Hall–Kier alpha value is -2.15. The highest BCUT2D eigenvalue weighted by Crippen LogP contribution is 2.40. The Balaban J connectivity index is 1.34. The molecule has 0 spiro atoms.